The van der Waals surface area contributed by atoms with Crippen molar-refractivity contribution in [2.24, 2.45) is 0 Å². The second kappa shape index (κ2) is 6.24. The van der Waals surface area contributed by atoms with Crippen molar-refractivity contribution in [1.82, 2.24) is 9.88 Å². The molecule has 2 aliphatic heterocycles. The van der Waals surface area contributed by atoms with Crippen molar-refractivity contribution in [3.05, 3.63) is 41.4 Å². The van der Waals surface area contributed by atoms with Gasteiger partial charge < -0.3 is 15.0 Å². The van der Waals surface area contributed by atoms with E-state index in [0.29, 0.717) is 24.5 Å². The van der Waals surface area contributed by atoms with E-state index >= 15 is 0 Å². The molecule has 1 aromatic heterocycles. The first-order valence-electron chi connectivity index (χ1n) is 7.98. The number of thiazole rings is 1. The van der Waals surface area contributed by atoms with Gasteiger partial charge in [0.25, 0.3) is 5.91 Å². The highest BCUT2D eigenvalue weighted by Crippen LogP contribution is 2.30. The van der Waals surface area contributed by atoms with Gasteiger partial charge in [0.05, 0.1) is 0 Å². The van der Waals surface area contributed by atoms with Crippen LogP contribution in [0.3, 0.4) is 0 Å². The van der Waals surface area contributed by atoms with E-state index in [-0.39, 0.29) is 11.8 Å². The molecule has 0 bridgehead atoms. The zero-order chi connectivity index (χ0) is 16.5. The summed E-state index contributed by atoms with van der Waals surface area (Å²) in [5.41, 5.74) is 1.04. The van der Waals surface area contributed by atoms with Crippen molar-refractivity contribution in [3.63, 3.8) is 0 Å². The largest absolute Gasteiger partial charge is 0.480 e. The van der Waals surface area contributed by atoms with Crippen LogP contribution in [-0.2, 0) is 16.0 Å². The zero-order valence-electron chi connectivity index (χ0n) is 13.0. The number of nitrogens with zero attached hydrogens (tertiary/aromatic N) is 2. The van der Waals surface area contributed by atoms with Crippen LogP contribution in [0.15, 0.2) is 35.8 Å². The SMILES string of the molecule is O=C(Nc1nccs1)C1CCCN1C(=O)C1Cc2ccccc2O1. The van der Waals surface area contributed by atoms with Gasteiger partial charge in [-0.1, -0.05) is 18.2 Å². The number of ether oxygens (including phenoxy) is 1. The normalized spacial score (nSPS) is 22.1. The first-order chi connectivity index (χ1) is 11.7. The Labute approximate surface area is 143 Å². The summed E-state index contributed by atoms with van der Waals surface area (Å²) >= 11 is 1.37. The average molecular weight is 343 g/mol. The third kappa shape index (κ3) is 2.75. The Hall–Kier alpha value is -2.41. The summed E-state index contributed by atoms with van der Waals surface area (Å²) < 4.78 is 5.78. The number of aromatic nitrogens is 1. The Kier molecular flexibility index (Phi) is 3.93. The molecule has 0 spiro atoms. The number of amides is 2. The predicted molar refractivity (Wildman–Crippen MR) is 90.0 cm³/mol. The van der Waals surface area contributed by atoms with E-state index < -0.39 is 12.1 Å². The fraction of sp³-hybridized carbons (Fsp3) is 0.353. The molecule has 1 fully saturated rings. The molecule has 2 amide bonds. The molecule has 2 aliphatic rings. The second-order valence-corrected chi connectivity index (χ2v) is 6.83. The van der Waals surface area contributed by atoms with Crippen LogP contribution in [0.25, 0.3) is 0 Å². The number of carbonyl (C=O) groups excluding carboxylic acids is 2. The van der Waals surface area contributed by atoms with Crippen LogP contribution in [0.1, 0.15) is 18.4 Å². The number of hydrogen-bond acceptors (Lipinski definition) is 5. The summed E-state index contributed by atoms with van der Waals surface area (Å²) in [5.74, 6) is 0.480. The number of para-hydroxylation sites is 1. The molecule has 1 saturated heterocycles. The second-order valence-electron chi connectivity index (χ2n) is 5.93. The quantitative estimate of drug-likeness (QED) is 0.926. The molecule has 6 nitrogen and oxygen atoms in total. The molecule has 0 aliphatic carbocycles. The van der Waals surface area contributed by atoms with Gasteiger partial charge in [-0.05, 0) is 24.5 Å². The predicted octanol–water partition coefficient (Wildman–Crippen LogP) is 2.08. The van der Waals surface area contributed by atoms with Gasteiger partial charge in [0.15, 0.2) is 11.2 Å². The van der Waals surface area contributed by atoms with Crippen molar-refractivity contribution in [3.8, 4) is 5.75 Å². The van der Waals surface area contributed by atoms with Crippen molar-refractivity contribution in [1.29, 1.82) is 0 Å². The number of rotatable bonds is 3. The minimum absolute atomic E-state index is 0.108. The fourth-order valence-corrected chi connectivity index (χ4v) is 3.81. The number of likely N-dealkylation sites (tertiary alicyclic amines) is 1. The molecule has 1 aromatic carbocycles. The smallest absolute Gasteiger partial charge is 0.264 e. The standard InChI is InChI=1S/C17H17N3O3S/c21-15(19-17-18-7-9-24-17)12-5-3-8-20(12)16(22)14-10-11-4-1-2-6-13(11)23-14/h1-2,4,6-7,9,12,14H,3,5,8,10H2,(H,18,19,21). The Morgan fingerprint density at radius 3 is 3.00 bits per heavy atom. The van der Waals surface area contributed by atoms with Crippen LogP contribution >= 0.6 is 11.3 Å². The lowest BCUT2D eigenvalue weighted by Gasteiger charge is -2.26. The van der Waals surface area contributed by atoms with Gasteiger partial charge in [0.1, 0.15) is 11.8 Å². The molecular formula is C17H17N3O3S. The van der Waals surface area contributed by atoms with Crippen LogP contribution in [0.2, 0.25) is 0 Å². The number of hydrogen-bond donors (Lipinski definition) is 1. The summed E-state index contributed by atoms with van der Waals surface area (Å²) in [6.45, 7) is 0.588. The average Bonchev–Trinajstić information content (AvgIpc) is 3.33. The molecule has 0 saturated carbocycles. The fourth-order valence-electron chi connectivity index (χ4n) is 3.28. The highest BCUT2D eigenvalue weighted by atomic mass is 32.1. The van der Waals surface area contributed by atoms with E-state index in [0.717, 1.165) is 17.7 Å². The molecule has 2 aromatic rings. The van der Waals surface area contributed by atoms with Crippen LogP contribution < -0.4 is 10.1 Å². The zero-order valence-corrected chi connectivity index (χ0v) is 13.8. The van der Waals surface area contributed by atoms with Crippen molar-refractivity contribution < 1.29 is 14.3 Å². The van der Waals surface area contributed by atoms with E-state index in [9.17, 15) is 9.59 Å². The lowest BCUT2D eigenvalue weighted by molar-refractivity contribution is -0.142. The third-order valence-corrected chi connectivity index (χ3v) is 5.11. The van der Waals surface area contributed by atoms with E-state index in [1.54, 1.807) is 16.5 Å². The van der Waals surface area contributed by atoms with Gasteiger partial charge in [-0.2, -0.15) is 0 Å². The number of fused-ring (bicyclic) bond motifs is 1. The lowest BCUT2D eigenvalue weighted by atomic mass is 10.1. The van der Waals surface area contributed by atoms with Crippen LogP contribution in [0.5, 0.6) is 5.75 Å². The summed E-state index contributed by atoms with van der Waals surface area (Å²) in [4.78, 5) is 31.0. The van der Waals surface area contributed by atoms with E-state index in [1.807, 2.05) is 24.3 Å². The van der Waals surface area contributed by atoms with Crippen molar-refractivity contribution in [2.45, 2.75) is 31.4 Å². The minimum Gasteiger partial charge on any atom is -0.480 e. The van der Waals surface area contributed by atoms with Gasteiger partial charge in [-0.25, -0.2) is 4.98 Å². The minimum atomic E-state index is -0.532. The monoisotopic (exact) mass is 343 g/mol. The molecule has 4 rings (SSSR count). The molecule has 24 heavy (non-hydrogen) atoms. The summed E-state index contributed by atoms with van der Waals surface area (Å²) in [6, 6.07) is 7.23. The van der Waals surface area contributed by atoms with Gasteiger partial charge in [0.2, 0.25) is 5.91 Å². The maximum atomic E-state index is 12.8. The number of anilines is 1. The first kappa shape index (κ1) is 15.1. The van der Waals surface area contributed by atoms with Gasteiger partial charge in [-0.3, -0.25) is 9.59 Å². The molecule has 7 heteroatoms. The topological polar surface area (TPSA) is 71.5 Å². The van der Waals surface area contributed by atoms with Crippen LogP contribution in [0, 0.1) is 0 Å². The van der Waals surface area contributed by atoms with E-state index in [2.05, 4.69) is 10.3 Å². The van der Waals surface area contributed by atoms with E-state index in [1.165, 1.54) is 11.3 Å². The van der Waals surface area contributed by atoms with Crippen LogP contribution in [0.4, 0.5) is 5.13 Å². The molecule has 2 unspecified atom stereocenters. The van der Waals surface area contributed by atoms with Gasteiger partial charge in [0, 0.05) is 24.5 Å². The molecule has 2 atom stereocenters. The molecule has 3 heterocycles. The summed E-state index contributed by atoms with van der Waals surface area (Å²) in [5, 5.41) is 5.15. The molecular weight excluding hydrogens is 326 g/mol. The Bertz CT molecular complexity index is 737. The number of carbonyl (C=O) groups is 2. The Balaban J connectivity index is 1.45. The number of benzene rings is 1. The van der Waals surface area contributed by atoms with E-state index in [4.69, 9.17) is 4.74 Å². The summed E-state index contributed by atoms with van der Waals surface area (Å²) in [7, 11) is 0. The van der Waals surface area contributed by atoms with Crippen LogP contribution in [-0.4, -0.2) is 40.4 Å². The van der Waals surface area contributed by atoms with Crippen molar-refractivity contribution in [2.75, 3.05) is 11.9 Å². The first-order valence-corrected chi connectivity index (χ1v) is 8.86. The molecule has 1 N–H and O–H groups in total. The highest BCUT2D eigenvalue weighted by Gasteiger charge is 2.40. The molecule has 0 radical (unpaired) electrons. The lowest BCUT2D eigenvalue weighted by Crippen LogP contribution is -2.48. The summed E-state index contributed by atoms with van der Waals surface area (Å²) in [6.07, 6.45) is 3.16. The maximum Gasteiger partial charge on any atom is 0.264 e. The number of nitrogens with one attached hydrogen (secondary N) is 1. The highest BCUT2D eigenvalue weighted by molar-refractivity contribution is 7.13. The Morgan fingerprint density at radius 1 is 1.33 bits per heavy atom. The van der Waals surface area contributed by atoms with Crippen molar-refractivity contribution >= 4 is 28.3 Å². The van der Waals surface area contributed by atoms with Gasteiger partial charge >= 0.3 is 0 Å². The maximum absolute atomic E-state index is 12.8. The molecule has 124 valence electrons. The Morgan fingerprint density at radius 2 is 2.21 bits per heavy atom. The van der Waals surface area contributed by atoms with Gasteiger partial charge in [-0.15, -0.1) is 11.3 Å². The third-order valence-electron chi connectivity index (χ3n) is 4.42.